The van der Waals surface area contributed by atoms with Gasteiger partial charge in [-0.3, -0.25) is 4.79 Å². The first-order valence-electron chi connectivity index (χ1n) is 8.43. The van der Waals surface area contributed by atoms with Gasteiger partial charge in [0.15, 0.2) is 15.0 Å². The minimum Gasteiger partial charge on any atom is -0.497 e. The number of carbonyl (C=O) groups excluding carboxylic acids is 1. The van der Waals surface area contributed by atoms with Gasteiger partial charge < -0.3 is 14.4 Å². The highest BCUT2D eigenvalue weighted by atomic mass is 32.2. The van der Waals surface area contributed by atoms with Crippen molar-refractivity contribution in [2.75, 3.05) is 30.6 Å². The van der Waals surface area contributed by atoms with Gasteiger partial charge in [-0.25, -0.2) is 8.42 Å². The Labute approximate surface area is 156 Å². The maximum absolute atomic E-state index is 12.3. The van der Waals surface area contributed by atoms with Crippen LogP contribution in [-0.2, 0) is 14.6 Å². The molecule has 3 aliphatic rings. The molecule has 0 radical (unpaired) electrons. The fourth-order valence-corrected chi connectivity index (χ4v) is 7.26. The van der Waals surface area contributed by atoms with Crippen LogP contribution in [0.15, 0.2) is 23.2 Å². The second-order valence-corrected chi connectivity index (χ2v) is 10.1. The molecule has 0 spiro atoms. The number of rotatable bonds is 4. The average Bonchev–Trinajstić information content (AvgIpc) is 3.35. The van der Waals surface area contributed by atoms with Crippen LogP contribution < -0.4 is 14.4 Å². The van der Waals surface area contributed by atoms with Crippen molar-refractivity contribution in [2.45, 2.75) is 24.1 Å². The summed E-state index contributed by atoms with van der Waals surface area (Å²) < 4.78 is 35.1. The lowest BCUT2D eigenvalue weighted by Crippen LogP contribution is -2.38. The van der Waals surface area contributed by atoms with Crippen LogP contribution >= 0.6 is 11.8 Å². The van der Waals surface area contributed by atoms with Gasteiger partial charge in [-0.1, -0.05) is 11.8 Å². The normalized spacial score (nSPS) is 28.2. The summed E-state index contributed by atoms with van der Waals surface area (Å²) in [6.45, 7) is 0. The Morgan fingerprint density at radius 1 is 1.23 bits per heavy atom. The SMILES string of the molecule is COc1ccc(OC)c(N2C(=NC(=O)C3CC3)S[C@@H]3CS(=O)(=O)C[C@@H]32)c1. The minimum absolute atomic E-state index is 0.0151. The molecule has 1 aliphatic carbocycles. The van der Waals surface area contributed by atoms with E-state index in [9.17, 15) is 13.2 Å². The van der Waals surface area contributed by atoms with Crippen molar-refractivity contribution in [3.8, 4) is 11.5 Å². The topological polar surface area (TPSA) is 85.3 Å². The Kier molecular flexibility index (Phi) is 4.38. The number of nitrogens with zero attached hydrogens (tertiary/aromatic N) is 2. The first kappa shape index (κ1) is 17.7. The number of thioether (sulfide) groups is 1. The van der Waals surface area contributed by atoms with E-state index in [2.05, 4.69) is 4.99 Å². The molecular weight excluding hydrogens is 376 g/mol. The number of methoxy groups -OCH3 is 2. The van der Waals surface area contributed by atoms with Crippen molar-refractivity contribution < 1.29 is 22.7 Å². The standard InChI is InChI=1S/C17H20N2O5S2/c1-23-11-5-6-14(24-2)12(7-11)19-13-8-26(21,22)9-15(13)25-17(19)18-16(20)10-3-4-10/h5-7,10,13,15H,3-4,8-9H2,1-2H3/t13-,15+/m0/s1. The molecule has 1 amide bonds. The van der Waals surface area contributed by atoms with E-state index in [4.69, 9.17) is 9.47 Å². The van der Waals surface area contributed by atoms with E-state index in [-0.39, 0.29) is 34.6 Å². The Hall–Kier alpha value is -1.74. The minimum atomic E-state index is -3.11. The molecule has 1 aromatic carbocycles. The number of fused-ring (bicyclic) bond motifs is 1. The van der Waals surface area contributed by atoms with Crippen molar-refractivity contribution in [2.24, 2.45) is 10.9 Å². The Morgan fingerprint density at radius 2 is 2.00 bits per heavy atom. The molecule has 9 heteroatoms. The lowest BCUT2D eigenvalue weighted by atomic mass is 10.2. The maximum Gasteiger partial charge on any atom is 0.251 e. The summed E-state index contributed by atoms with van der Waals surface area (Å²) >= 11 is 1.37. The number of sulfone groups is 1. The van der Waals surface area contributed by atoms with E-state index < -0.39 is 9.84 Å². The zero-order valence-electron chi connectivity index (χ0n) is 14.5. The molecule has 3 fully saturated rings. The lowest BCUT2D eigenvalue weighted by molar-refractivity contribution is -0.118. The molecule has 1 saturated carbocycles. The molecule has 2 heterocycles. The Morgan fingerprint density at radius 3 is 2.65 bits per heavy atom. The largest absolute Gasteiger partial charge is 0.497 e. The number of aliphatic imine (C=N–C) groups is 1. The predicted octanol–water partition coefficient (Wildman–Crippen LogP) is 1.72. The van der Waals surface area contributed by atoms with Gasteiger partial charge in [-0.05, 0) is 25.0 Å². The maximum atomic E-state index is 12.3. The monoisotopic (exact) mass is 396 g/mol. The van der Waals surface area contributed by atoms with E-state index in [1.54, 1.807) is 32.4 Å². The molecule has 2 saturated heterocycles. The van der Waals surface area contributed by atoms with Crippen LogP contribution in [0.25, 0.3) is 0 Å². The fourth-order valence-electron chi connectivity index (χ4n) is 3.35. The summed E-state index contributed by atoms with van der Waals surface area (Å²) in [7, 11) is 0.0153. The van der Waals surface area contributed by atoms with Crippen molar-refractivity contribution >= 4 is 38.4 Å². The van der Waals surface area contributed by atoms with Gasteiger partial charge in [0.2, 0.25) is 0 Å². The van der Waals surface area contributed by atoms with Crippen molar-refractivity contribution in [1.29, 1.82) is 0 Å². The molecule has 0 aromatic heterocycles. The first-order chi connectivity index (χ1) is 12.4. The van der Waals surface area contributed by atoms with Crippen molar-refractivity contribution in [3.05, 3.63) is 18.2 Å². The molecule has 1 aromatic rings. The van der Waals surface area contributed by atoms with Crippen LogP contribution in [0.5, 0.6) is 11.5 Å². The average molecular weight is 396 g/mol. The van der Waals surface area contributed by atoms with Crippen LogP contribution in [0.2, 0.25) is 0 Å². The summed E-state index contributed by atoms with van der Waals surface area (Å²) in [5.74, 6) is 1.25. The number of benzene rings is 1. The smallest absolute Gasteiger partial charge is 0.251 e. The Balaban J connectivity index is 1.79. The van der Waals surface area contributed by atoms with Crippen LogP contribution in [-0.4, -0.2) is 56.5 Å². The zero-order chi connectivity index (χ0) is 18.5. The predicted molar refractivity (Wildman–Crippen MR) is 101 cm³/mol. The van der Waals surface area contributed by atoms with E-state index in [1.807, 2.05) is 4.90 Å². The summed E-state index contributed by atoms with van der Waals surface area (Å²) in [4.78, 5) is 18.4. The van der Waals surface area contributed by atoms with Crippen LogP contribution in [0.1, 0.15) is 12.8 Å². The third-order valence-corrected chi connectivity index (χ3v) is 8.05. The van der Waals surface area contributed by atoms with Gasteiger partial charge in [0.25, 0.3) is 5.91 Å². The van der Waals surface area contributed by atoms with Crippen LogP contribution in [0, 0.1) is 5.92 Å². The van der Waals surface area contributed by atoms with E-state index in [1.165, 1.54) is 11.8 Å². The van der Waals surface area contributed by atoms with Gasteiger partial charge in [-0.15, -0.1) is 0 Å². The molecule has 2 aliphatic heterocycles. The van der Waals surface area contributed by atoms with Crippen molar-refractivity contribution in [3.63, 3.8) is 0 Å². The highest BCUT2D eigenvalue weighted by Gasteiger charge is 2.50. The molecule has 2 atom stereocenters. The number of amidine groups is 1. The van der Waals surface area contributed by atoms with Crippen LogP contribution in [0.4, 0.5) is 5.69 Å². The summed E-state index contributed by atoms with van der Waals surface area (Å²) in [6, 6.07) is 5.08. The fraction of sp³-hybridized carbons (Fsp3) is 0.529. The lowest BCUT2D eigenvalue weighted by Gasteiger charge is -2.26. The number of hydrogen-bond acceptors (Lipinski definition) is 6. The number of ether oxygens (including phenoxy) is 2. The van der Waals surface area contributed by atoms with Crippen molar-refractivity contribution in [1.82, 2.24) is 0 Å². The molecule has 0 bridgehead atoms. The van der Waals surface area contributed by atoms with Gasteiger partial charge in [0.1, 0.15) is 11.5 Å². The van der Waals surface area contributed by atoms with E-state index in [0.29, 0.717) is 22.4 Å². The number of hydrogen-bond donors (Lipinski definition) is 0. The number of anilines is 1. The summed E-state index contributed by atoms with van der Waals surface area (Å²) in [5.41, 5.74) is 0.672. The number of amides is 1. The van der Waals surface area contributed by atoms with Gasteiger partial charge in [-0.2, -0.15) is 4.99 Å². The molecule has 4 rings (SSSR count). The third-order valence-electron chi connectivity index (χ3n) is 4.84. The second-order valence-electron chi connectivity index (χ2n) is 6.72. The third kappa shape index (κ3) is 3.18. The van der Waals surface area contributed by atoms with Crippen LogP contribution in [0.3, 0.4) is 0 Å². The zero-order valence-corrected chi connectivity index (χ0v) is 16.2. The van der Waals surface area contributed by atoms with E-state index >= 15 is 0 Å². The number of carbonyl (C=O) groups is 1. The molecule has 0 N–H and O–H groups in total. The van der Waals surface area contributed by atoms with Gasteiger partial charge in [0, 0.05) is 17.2 Å². The molecule has 7 nitrogen and oxygen atoms in total. The van der Waals surface area contributed by atoms with Gasteiger partial charge in [0.05, 0.1) is 37.5 Å². The molecular formula is C17H20N2O5S2. The quantitative estimate of drug-likeness (QED) is 0.766. The highest BCUT2D eigenvalue weighted by molar-refractivity contribution is 8.16. The van der Waals surface area contributed by atoms with E-state index in [0.717, 1.165) is 12.8 Å². The first-order valence-corrected chi connectivity index (χ1v) is 11.1. The highest BCUT2D eigenvalue weighted by Crippen LogP contribution is 2.45. The van der Waals surface area contributed by atoms with Gasteiger partial charge >= 0.3 is 0 Å². The summed E-state index contributed by atoms with van der Waals surface area (Å²) in [6.07, 6.45) is 1.76. The second kappa shape index (κ2) is 6.45. The Bertz CT molecular complexity index is 879. The molecule has 26 heavy (non-hydrogen) atoms. The molecule has 140 valence electrons. The molecule has 0 unspecified atom stereocenters. The summed E-state index contributed by atoms with van der Waals surface area (Å²) in [5, 5.41) is 0.417.